The second-order valence-corrected chi connectivity index (χ2v) is 8.47. The van der Waals surface area contributed by atoms with Gasteiger partial charge in [0.05, 0.1) is 26.5 Å². The Bertz CT molecular complexity index is 1160. The van der Waals surface area contributed by atoms with Gasteiger partial charge in [-0.05, 0) is 23.8 Å². The molecule has 0 saturated heterocycles. The molecule has 34 heavy (non-hydrogen) atoms. The Balaban J connectivity index is 1.57. The van der Waals surface area contributed by atoms with Crippen molar-refractivity contribution in [1.29, 1.82) is 0 Å². The van der Waals surface area contributed by atoms with E-state index in [1.165, 1.54) is 29.2 Å². The van der Waals surface area contributed by atoms with Gasteiger partial charge in [0.15, 0.2) is 27.6 Å². The second kappa shape index (κ2) is 12.6. The number of allylic oxidation sites excluding steroid dienone is 1. The van der Waals surface area contributed by atoms with E-state index < -0.39 is 0 Å². The van der Waals surface area contributed by atoms with E-state index in [0.29, 0.717) is 34.2 Å². The molecule has 0 saturated carbocycles. The number of nitrogens with one attached hydrogen (secondary N) is 2. The molecule has 0 aliphatic rings. The van der Waals surface area contributed by atoms with Crippen molar-refractivity contribution in [2.24, 2.45) is 0 Å². The van der Waals surface area contributed by atoms with Crippen LogP contribution in [-0.4, -0.2) is 51.5 Å². The number of thioether (sulfide) groups is 1. The van der Waals surface area contributed by atoms with Gasteiger partial charge in [-0.3, -0.25) is 9.59 Å². The summed E-state index contributed by atoms with van der Waals surface area (Å²) in [6.07, 6.45) is 6.42. The quantitative estimate of drug-likeness (QED) is 0.221. The highest BCUT2D eigenvalue weighted by atomic mass is 32.2. The second-order valence-electron chi connectivity index (χ2n) is 6.64. The van der Waals surface area contributed by atoms with Crippen LogP contribution in [0.1, 0.15) is 11.4 Å². The number of thiazole rings is 1. The minimum atomic E-state index is -0.292. The summed E-state index contributed by atoms with van der Waals surface area (Å²) in [7, 11) is 3.12. The van der Waals surface area contributed by atoms with Gasteiger partial charge >= 0.3 is 0 Å². The minimum absolute atomic E-state index is 0.148. The van der Waals surface area contributed by atoms with Gasteiger partial charge in [0.2, 0.25) is 11.8 Å². The van der Waals surface area contributed by atoms with Crippen LogP contribution in [0.5, 0.6) is 11.5 Å². The highest BCUT2D eigenvalue weighted by molar-refractivity contribution is 7.99. The van der Waals surface area contributed by atoms with Crippen molar-refractivity contribution in [3.05, 3.63) is 59.9 Å². The molecule has 0 radical (unpaired) electrons. The molecule has 3 rings (SSSR count). The van der Waals surface area contributed by atoms with Crippen LogP contribution in [0, 0.1) is 0 Å². The number of hydrogen-bond acceptors (Lipinski definition) is 9. The number of carbonyl (C=O) groups excluding carboxylic acids is 2. The van der Waals surface area contributed by atoms with Gasteiger partial charge in [0.25, 0.3) is 0 Å². The molecule has 178 valence electrons. The lowest BCUT2D eigenvalue weighted by atomic mass is 10.2. The van der Waals surface area contributed by atoms with Crippen LogP contribution in [0.15, 0.2) is 53.7 Å². The topological polar surface area (TPSA) is 120 Å². The van der Waals surface area contributed by atoms with Crippen molar-refractivity contribution in [3.8, 4) is 11.5 Å². The number of benzene rings is 1. The van der Waals surface area contributed by atoms with E-state index in [1.807, 2.05) is 6.07 Å². The Morgan fingerprint density at radius 1 is 1.24 bits per heavy atom. The summed E-state index contributed by atoms with van der Waals surface area (Å²) in [5, 5.41) is 16.7. The predicted octanol–water partition coefficient (Wildman–Crippen LogP) is 3.00. The first kappa shape index (κ1) is 25.0. The number of methoxy groups -OCH3 is 2. The number of anilines is 1. The lowest BCUT2D eigenvalue weighted by Gasteiger charge is -2.08. The third-order valence-electron chi connectivity index (χ3n) is 4.37. The monoisotopic (exact) mass is 500 g/mol. The van der Waals surface area contributed by atoms with Crippen LogP contribution in [0.3, 0.4) is 0 Å². The fourth-order valence-corrected chi connectivity index (χ4v) is 4.10. The molecular weight excluding hydrogens is 476 g/mol. The van der Waals surface area contributed by atoms with Crippen molar-refractivity contribution in [2.45, 2.75) is 18.2 Å². The summed E-state index contributed by atoms with van der Waals surface area (Å²) < 4.78 is 12.3. The lowest BCUT2D eigenvalue weighted by molar-refractivity contribution is -0.116. The zero-order valence-corrected chi connectivity index (χ0v) is 20.3. The number of rotatable bonds is 12. The fraction of sp³-hybridized carbons (Fsp3) is 0.227. The standard InChI is InChI=1S/C22H24N6O4S2/c1-4-10-28-18(26-27-22(28)34-14-20(30)25-21-23-9-11-33-21)13-24-19(29)8-6-15-5-7-16(31-2)17(12-15)32-3/h4-9,11-12H,1,10,13-14H2,2-3H3,(H,24,29)(H,23,25,30)/b8-6+. The Labute approximate surface area is 205 Å². The summed E-state index contributed by atoms with van der Waals surface area (Å²) in [6.45, 7) is 4.37. The predicted molar refractivity (Wildman–Crippen MR) is 132 cm³/mol. The van der Waals surface area contributed by atoms with Crippen LogP contribution in [-0.2, 0) is 22.7 Å². The average molecular weight is 501 g/mol. The summed E-state index contributed by atoms with van der Waals surface area (Å²) in [6, 6.07) is 5.36. The van der Waals surface area contributed by atoms with Crippen LogP contribution >= 0.6 is 23.1 Å². The number of ether oxygens (including phenoxy) is 2. The van der Waals surface area contributed by atoms with E-state index in [9.17, 15) is 9.59 Å². The first-order valence-corrected chi connectivity index (χ1v) is 11.9. The van der Waals surface area contributed by atoms with Crippen LogP contribution in [0.4, 0.5) is 5.13 Å². The number of nitrogens with zero attached hydrogens (tertiary/aromatic N) is 4. The number of hydrogen-bond donors (Lipinski definition) is 2. The summed E-state index contributed by atoms with van der Waals surface area (Å²) in [5.41, 5.74) is 0.789. The van der Waals surface area contributed by atoms with Gasteiger partial charge in [-0.15, -0.1) is 28.1 Å². The van der Waals surface area contributed by atoms with E-state index in [2.05, 4.69) is 32.4 Å². The third-order valence-corrected chi connectivity index (χ3v) is 6.03. The van der Waals surface area contributed by atoms with Gasteiger partial charge in [0, 0.05) is 24.2 Å². The van der Waals surface area contributed by atoms with Crippen molar-refractivity contribution in [2.75, 3.05) is 25.3 Å². The third kappa shape index (κ3) is 6.93. The molecule has 1 aromatic carbocycles. The smallest absolute Gasteiger partial charge is 0.244 e. The Morgan fingerprint density at radius 3 is 2.76 bits per heavy atom. The van der Waals surface area contributed by atoms with Gasteiger partial charge < -0.3 is 24.7 Å². The van der Waals surface area contributed by atoms with Gasteiger partial charge in [0.1, 0.15) is 0 Å². The van der Waals surface area contributed by atoms with E-state index in [-0.39, 0.29) is 24.1 Å². The molecule has 0 bridgehead atoms. The van der Waals surface area contributed by atoms with Gasteiger partial charge in [-0.25, -0.2) is 4.98 Å². The molecular formula is C22H24N6O4S2. The van der Waals surface area contributed by atoms with Gasteiger partial charge in [-0.2, -0.15) is 0 Å². The number of aromatic nitrogens is 4. The molecule has 0 unspecified atom stereocenters. The first-order valence-electron chi connectivity index (χ1n) is 10.1. The molecule has 12 heteroatoms. The summed E-state index contributed by atoms with van der Waals surface area (Å²) in [5.74, 6) is 1.40. The van der Waals surface area contributed by atoms with Crippen molar-refractivity contribution < 1.29 is 19.1 Å². The SMILES string of the molecule is C=CCn1c(CNC(=O)/C=C/c2ccc(OC)c(OC)c2)nnc1SCC(=O)Nc1nccs1. The van der Waals surface area contributed by atoms with Gasteiger partial charge in [-0.1, -0.05) is 23.9 Å². The molecule has 0 aliphatic carbocycles. The number of carbonyl (C=O) groups is 2. The van der Waals surface area contributed by atoms with Crippen molar-refractivity contribution >= 4 is 46.1 Å². The zero-order chi connectivity index (χ0) is 24.3. The maximum Gasteiger partial charge on any atom is 0.244 e. The van der Waals surface area contributed by atoms with E-state index in [0.717, 1.165) is 5.56 Å². The molecule has 2 N–H and O–H groups in total. The first-order chi connectivity index (χ1) is 16.5. The van der Waals surface area contributed by atoms with Crippen molar-refractivity contribution in [3.63, 3.8) is 0 Å². The Kier molecular flexibility index (Phi) is 9.23. The summed E-state index contributed by atoms with van der Waals surface area (Å²) in [4.78, 5) is 28.5. The van der Waals surface area contributed by atoms with E-state index in [4.69, 9.17) is 9.47 Å². The molecule has 2 amide bonds. The molecule has 10 nitrogen and oxygen atoms in total. The molecule has 2 aromatic heterocycles. The highest BCUT2D eigenvalue weighted by Gasteiger charge is 2.14. The van der Waals surface area contributed by atoms with Crippen LogP contribution < -0.4 is 20.1 Å². The molecule has 0 atom stereocenters. The van der Waals surface area contributed by atoms with E-state index >= 15 is 0 Å². The Morgan fingerprint density at radius 2 is 2.06 bits per heavy atom. The molecule has 3 aromatic rings. The van der Waals surface area contributed by atoms with Crippen LogP contribution in [0.2, 0.25) is 0 Å². The maximum atomic E-state index is 12.3. The lowest BCUT2D eigenvalue weighted by Crippen LogP contribution is -2.23. The minimum Gasteiger partial charge on any atom is -0.493 e. The van der Waals surface area contributed by atoms with Crippen molar-refractivity contribution in [1.82, 2.24) is 25.1 Å². The summed E-state index contributed by atoms with van der Waals surface area (Å²) >= 11 is 2.59. The molecule has 0 spiro atoms. The maximum absolute atomic E-state index is 12.3. The average Bonchev–Trinajstić information content (AvgIpc) is 3.50. The van der Waals surface area contributed by atoms with Crippen LogP contribution in [0.25, 0.3) is 6.08 Å². The molecule has 0 fully saturated rings. The molecule has 2 heterocycles. The Hall–Kier alpha value is -3.64. The largest absolute Gasteiger partial charge is 0.493 e. The van der Waals surface area contributed by atoms with E-state index in [1.54, 1.807) is 54.6 Å². The molecule has 0 aliphatic heterocycles. The normalized spacial score (nSPS) is 10.8. The highest BCUT2D eigenvalue weighted by Crippen LogP contribution is 2.28. The fourth-order valence-electron chi connectivity index (χ4n) is 2.79. The number of amides is 2. The zero-order valence-electron chi connectivity index (χ0n) is 18.7.